The van der Waals surface area contributed by atoms with Crippen LogP contribution in [-0.4, -0.2) is 31.1 Å². The largest absolute Gasteiger partial charge is 0.384 e. The van der Waals surface area contributed by atoms with Gasteiger partial charge in [-0.3, -0.25) is 0 Å². The van der Waals surface area contributed by atoms with E-state index in [0.29, 0.717) is 0 Å². The fourth-order valence-corrected chi connectivity index (χ4v) is 2.97. The molecular formula is C14H20N2. The van der Waals surface area contributed by atoms with E-state index in [1.165, 1.54) is 50.1 Å². The maximum absolute atomic E-state index is 3.56. The van der Waals surface area contributed by atoms with Crippen LogP contribution in [-0.2, 0) is 6.42 Å². The topological polar surface area (TPSA) is 15.3 Å². The molecule has 1 saturated heterocycles. The van der Waals surface area contributed by atoms with E-state index in [2.05, 4.69) is 34.5 Å². The standard InChI is InChI=1S/C14H20N2/c1-2-6-14-13(5-1)9-12(10-15-14)11-16-7-3-4-8-16/h1-2,5-6,12,15H,3-4,7-11H2/t12-/m1/s1. The van der Waals surface area contributed by atoms with E-state index in [1.807, 2.05) is 0 Å². The van der Waals surface area contributed by atoms with Gasteiger partial charge in [-0.15, -0.1) is 0 Å². The summed E-state index contributed by atoms with van der Waals surface area (Å²) in [5.74, 6) is 0.799. The Balaban J connectivity index is 1.63. The molecule has 2 heteroatoms. The van der Waals surface area contributed by atoms with Crippen LogP contribution in [0.15, 0.2) is 24.3 Å². The number of anilines is 1. The highest BCUT2D eigenvalue weighted by Gasteiger charge is 2.21. The van der Waals surface area contributed by atoms with Crippen LogP contribution in [0.4, 0.5) is 5.69 Å². The lowest BCUT2D eigenvalue weighted by Gasteiger charge is -2.29. The third kappa shape index (κ3) is 2.07. The fraction of sp³-hybridized carbons (Fsp3) is 0.571. The Morgan fingerprint density at radius 2 is 2.00 bits per heavy atom. The van der Waals surface area contributed by atoms with Crippen LogP contribution >= 0.6 is 0 Å². The molecule has 86 valence electrons. The highest BCUT2D eigenvalue weighted by Crippen LogP contribution is 2.25. The molecule has 0 unspecified atom stereocenters. The van der Waals surface area contributed by atoms with Crippen molar-refractivity contribution in [3.05, 3.63) is 29.8 Å². The normalized spacial score (nSPS) is 25.1. The van der Waals surface area contributed by atoms with E-state index in [9.17, 15) is 0 Å². The van der Waals surface area contributed by atoms with Gasteiger partial charge in [0.25, 0.3) is 0 Å². The molecule has 1 fully saturated rings. The molecule has 1 atom stereocenters. The van der Waals surface area contributed by atoms with Gasteiger partial charge < -0.3 is 10.2 Å². The zero-order valence-electron chi connectivity index (χ0n) is 9.78. The molecular weight excluding hydrogens is 196 g/mol. The average molecular weight is 216 g/mol. The summed E-state index contributed by atoms with van der Waals surface area (Å²) >= 11 is 0. The first-order valence-electron chi connectivity index (χ1n) is 6.46. The van der Waals surface area contributed by atoms with Crippen molar-refractivity contribution in [3.8, 4) is 0 Å². The number of fused-ring (bicyclic) bond motifs is 1. The second kappa shape index (κ2) is 4.46. The van der Waals surface area contributed by atoms with Gasteiger partial charge in [0.1, 0.15) is 0 Å². The van der Waals surface area contributed by atoms with Gasteiger partial charge in [0.2, 0.25) is 0 Å². The summed E-state index contributed by atoms with van der Waals surface area (Å²) in [5.41, 5.74) is 2.85. The highest BCUT2D eigenvalue weighted by molar-refractivity contribution is 5.53. The minimum absolute atomic E-state index is 0.799. The minimum Gasteiger partial charge on any atom is -0.384 e. The van der Waals surface area contributed by atoms with Crippen molar-refractivity contribution in [3.63, 3.8) is 0 Å². The predicted molar refractivity (Wildman–Crippen MR) is 67.8 cm³/mol. The van der Waals surface area contributed by atoms with Crippen molar-refractivity contribution in [1.82, 2.24) is 4.90 Å². The Bertz CT molecular complexity index is 356. The summed E-state index contributed by atoms with van der Waals surface area (Å²) in [6.07, 6.45) is 4.05. The SMILES string of the molecule is c1ccc2c(c1)C[C@@H](CN1CCCC1)CN2. The number of benzene rings is 1. The zero-order valence-corrected chi connectivity index (χ0v) is 9.78. The zero-order chi connectivity index (χ0) is 10.8. The summed E-state index contributed by atoms with van der Waals surface area (Å²) in [6.45, 7) is 5.06. The van der Waals surface area contributed by atoms with Crippen molar-refractivity contribution in [2.45, 2.75) is 19.3 Å². The molecule has 16 heavy (non-hydrogen) atoms. The summed E-state index contributed by atoms with van der Waals surface area (Å²) in [6, 6.07) is 8.73. The monoisotopic (exact) mass is 216 g/mol. The maximum atomic E-state index is 3.56. The van der Waals surface area contributed by atoms with E-state index in [-0.39, 0.29) is 0 Å². The molecule has 1 N–H and O–H groups in total. The van der Waals surface area contributed by atoms with Crippen molar-refractivity contribution >= 4 is 5.69 Å². The summed E-state index contributed by atoms with van der Waals surface area (Å²) in [4.78, 5) is 2.63. The molecule has 2 nitrogen and oxygen atoms in total. The lowest BCUT2D eigenvalue weighted by molar-refractivity contribution is 0.280. The third-order valence-corrected chi connectivity index (χ3v) is 3.82. The van der Waals surface area contributed by atoms with E-state index < -0.39 is 0 Å². The van der Waals surface area contributed by atoms with Crippen molar-refractivity contribution in [1.29, 1.82) is 0 Å². The Morgan fingerprint density at radius 3 is 2.88 bits per heavy atom. The van der Waals surface area contributed by atoms with Gasteiger partial charge in [-0.1, -0.05) is 18.2 Å². The van der Waals surface area contributed by atoms with Gasteiger partial charge >= 0.3 is 0 Å². The Kier molecular flexibility index (Phi) is 2.83. The van der Waals surface area contributed by atoms with Gasteiger partial charge in [0.05, 0.1) is 0 Å². The van der Waals surface area contributed by atoms with Crippen LogP contribution in [0.5, 0.6) is 0 Å². The third-order valence-electron chi connectivity index (χ3n) is 3.82. The first-order valence-corrected chi connectivity index (χ1v) is 6.46. The maximum Gasteiger partial charge on any atom is 0.0372 e. The van der Waals surface area contributed by atoms with Crippen molar-refractivity contribution in [2.75, 3.05) is 31.5 Å². The Morgan fingerprint density at radius 1 is 1.19 bits per heavy atom. The second-order valence-corrected chi connectivity index (χ2v) is 5.12. The van der Waals surface area contributed by atoms with Crippen LogP contribution in [0, 0.1) is 5.92 Å². The van der Waals surface area contributed by atoms with Gasteiger partial charge in [-0.2, -0.15) is 0 Å². The number of likely N-dealkylation sites (tertiary alicyclic amines) is 1. The van der Waals surface area contributed by atoms with Crippen LogP contribution < -0.4 is 5.32 Å². The smallest absolute Gasteiger partial charge is 0.0372 e. The molecule has 0 aromatic heterocycles. The van der Waals surface area contributed by atoms with Crippen molar-refractivity contribution < 1.29 is 0 Å². The first kappa shape index (κ1) is 10.2. The quantitative estimate of drug-likeness (QED) is 0.816. The second-order valence-electron chi connectivity index (χ2n) is 5.12. The van der Waals surface area contributed by atoms with Gasteiger partial charge in [-0.25, -0.2) is 0 Å². The van der Waals surface area contributed by atoms with E-state index >= 15 is 0 Å². The first-order chi connectivity index (χ1) is 7.92. The van der Waals surface area contributed by atoms with Crippen LogP contribution in [0.2, 0.25) is 0 Å². The Labute approximate surface area is 97.6 Å². The van der Waals surface area contributed by atoms with E-state index in [4.69, 9.17) is 0 Å². The molecule has 0 amide bonds. The van der Waals surface area contributed by atoms with Crippen molar-refractivity contribution in [2.24, 2.45) is 5.92 Å². The van der Waals surface area contributed by atoms with E-state index in [1.54, 1.807) is 0 Å². The summed E-state index contributed by atoms with van der Waals surface area (Å²) < 4.78 is 0. The molecule has 1 aromatic rings. The van der Waals surface area contributed by atoms with E-state index in [0.717, 1.165) is 12.5 Å². The minimum atomic E-state index is 0.799. The highest BCUT2D eigenvalue weighted by atomic mass is 15.1. The fourth-order valence-electron chi connectivity index (χ4n) is 2.97. The summed E-state index contributed by atoms with van der Waals surface area (Å²) in [7, 11) is 0. The molecule has 2 aliphatic heterocycles. The molecule has 0 aliphatic carbocycles. The molecule has 2 heterocycles. The number of rotatable bonds is 2. The summed E-state index contributed by atoms with van der Waals surface area (Å²) in [5, 5.41) is 3.56. The molecule has 0 radical (unpaired) electrons. The number of nitrogens with zero attached hydrogens (tertiary/aromatic N) is 1. The lowest BCUT2D eigenvalue weighted by atomic mass is 9.93. The molecule has 0 spiro atoms. The molecule has 3 rings (SSSR count). The molecule has 0 saturated carbocycles. The van der Waals surface area contributed by atoms with Crippen LogP contribution in [0.1, 0.15) is 18.4 Å². The van der Waals surface area contributed by atoms with Gasteiger partial charge in [-0.05, 0) is 49.9 Å². The van der Waals surface area contributed by atoms with Crippen LogP contribution in [0.3, 0.4) is 0 Å². The number of hydrogen-bond acceptors (Lipinski definition) is 2. The average Bonchev–Trinajstić information content (AvgIpc) is 2.82. The van der Waals surface area contributed by atoms with Gasteiger partial charge in [0, 0.05) is 18.8 Å². The lowest BCUT2D eigenvalue weighted by Crippen LogP contribution is -2.34. The molecule has 2 aliphatic rings. The molecule has 0 bridgehead atoms. The van der Waals surface area contributed by atoms with Crippen LogP contribution in [0.25, 0.3) is 0 Å². The number of para-hydroxylation sites is 1. The molecule has 1 aromatic carbocycles. The predicted octanol–water partition coefficient (Wildman–Crippen LogP) is 2.37. The Hall–Kier alpha value is -1.02. The van der Waals surface area contributed by atoms with Gasteiger partial charge in [0.15, 0.2) is 0 Å². The number of nitrogens with one attached hydrogen (secondary N) is 1. The number of hydrogen-bond donors (Lipinski definition) is 1.